The molecular weight excluding hydrogens is 218 g/mol. The van der Waals surface area contributed by atoms with E-state index in [-0.39, 0.29) is 0 Å². The fourth-order valence-corrected chi connectivity index (χ4v) is 3.10. The first-order chi connectivity index (χ1) is 8.90. The van der Waals surface area contributed by atoms with Gasteiger partial charge in [0, 0.05) is 12.3 Å². The Kier molecular flexibility index (Phi) is 2.86. The average Bonchev–Trinajstić information content (AvgIpc) is 2.78. The summed E-state index contributed by atoms with van der Waals surface area (Å²) in [4.78, 5) is 0. The van der Waals surface area contributed by atoms with Crippen molar-refractivity contribution < 1.29 is 0 Å². The van der Waals surface area contributed by atoms with Crippen LogP contribution in [0, 0.1) is 17.2 Å². The highest BCUT2D eigenvalue weighted by atomic mass is 14.4. The van der Waals surface area contributed by atoms with Crippen molar-refractivity contribution in [3.05, 3.63) is 71.3 Å². The minimum Gasteiger partial charge on any atom is -0.198 e. The fraction of sp³-hybridized carbons (Fsp3) is 0.235. The Morgan fingerprint density at radius 3 is 2.50 bits per heavy atom. The number of nitrogens with zero attached hydrogens (tertiary/aromatic N) is 1. The molecule has 1 heteroatoms. The molecule has 2 aromatic rings. The SMILES string of the molecule is N#CC[C@H]1Cc2ccccc2[C@H]1c1ccccc1. The minimum absolute atomic E-state index is 0.391. The molecule has 2 aromatic carbocycles. The van der Waals surface area contributed by atoms with Crippen LogP contribution in [0.3, 0.4) is 0 Å². The van der Waals surface area contributed by atoms with Gasteiger partial charge >= 0.3 is 0 Å². The van der Waals surface area contributed by atoms with E-state index in [1.807, 2.05) is 6.07 Å². The maximum Gasteiger partial charge on any atom is 0.0625 e. The van der Waals surface area contributed by atoms with Gasteiger partial charge in [-0.25, -0.2) is 0 Å². The number of fused-ring (bicyclic) bond motifs is 1. The second-order valence-electron chi connectivity index (χ2n) is 4.91. The maximum absolute atomic E-state index is 9.02. The third-order valence-electron chi connectivity index (χ3n) is 3.86. The Bertz CT molecular complexity index is 580. The van der Waals surface area contributed by atoms with Gasteiger partial charge in [0.2, 0.25) is 0 Å². The van der Waals surface area contributed by atoms with Crippen LogP contribution in [0.4, 0.5) is 0 Å². The third kappa shape index (κ3) is 1.80. The average molecular weight is 233 g/mol. The zero-order valence-electron chi connectivity index (χ0n) is 10.2. The molecular formula is C17H15N. The van der Waals surface area contributed by atoms with Gasteiger partial charge in [-0.05, 0) is 29.0 Å². The summed E-state index contributed by atoms with van der Waals surface area (Å²) >= 11 is 0. The lowest BCUT2D eigenvalue weighted by atomic mass is 9.84. The van der Waals surface area contributed by atoms with Crippen LogP contribution in [0.5, 0.6) is 0 Å². The van der Waals surface area contributed by atoms with E-state index in [4.69, 9.17) is 5.26 Å². The quantitative estimate of drug-likeness (QED) is 0.771. The van der Waals surface area contributed by atoms with Crippen molar-refractivity contribution in [1.29, 1.82) is 5.26 Å². The van der Waals surface area contributed by atoms with Crippen LogP contribution in [0.15, 0.2) is 54.6 Å². The van der Waals surface area contributed by atoms with Crippen molar-refractivity contribution >= 4 is 0 Å². The lowest BCUT2D eigenvalue weighted by molar-refractivity contribution is 0.516. The summed E-state index contributed by atoms with van der Waals surface area (Å²) in [6, 6.07) is 21.5. The summed E-state index contributed by atoms with van der Waals surface area (Å²) in [5, 5.41) is 9.02. The summed E-state index contributed by atoms with van der Waals surface area (Å²) in [6.07, 6.45) is 1.66. The summed E-state index contributed by atoms with van der Waals surface area (Å²) in [5.74, 6) is 0.817. The van der Waals surface area contributed by atoms with Gasteiger partial charge in [-0.2, -0.15) is 5.26 Å². The van der Waals surface area contributed by atoms with E-state index in [2.05, 4.69) is 54.6 Å². The van der Waals surface area contributed by atoms with Gasteiger partial charge in [0.1, 0.15) is 0 Å². The molecule has 0 N–H and O–H groups in total. The second-order valence-corrected chi connectivity index (χ2v) is 4.91. The summed E-state index contributed by atoms with van der Waals surface area (Å²) < 4.78 is 0. The lowest BCUT2D eigenvalue weighted by Crippen LogP contribution is -2.08. The monoisotopic (exact) mass is 233 g/mol. The van der Waals surface area contributed by atoms with Crippen molar-refractivity contribution in [3.63, 3.8) is 0 Å². The molecule has 0 spiro atoms. The molecule has 0 unspecified atom stereocenters. The molecule has 0 amide bonds. The molecule has 3 rings (SSSR count). The standard InChI is InChI=1S/C17H15N/c18-11-10-15-12-14-8-4-5-9-16(14)17(15)13-6-2-1-3-7-13/h1-9,15,17H,10,12H2/t15-,17-/m0/s1. The van der Waals surface area contributed by atoms with E-state index in [0.717, 1.165) is 6.42 Å². The Morgan fingerprint density at radius 2 is 1.72 bits per heavy atom. The zero-order valence-corrected chi connectivity index (χ0v) is 10.2. The Morgan fingerprint density at radius 1 is 1.00 bits per heavy atom. The number of hydrogen-bond acceptors (Lipinski definition) is 1. The van der Waals surface area contributed by atoms with E-state index in [0.29, 0.717) is 18.3 Å². The van der Waals surface area contributed by atoms with Gasteiger partial charge in [-0.15, -0.1) is 0 Å². The Labute approximate surface area is 108 Å². The summed E-state index contributed by atoms with van der Waals surface area (Å²) in [7, 11) is 0. The molecule has 0 fully saturated rings. The number of hydrogen-bond donors (Lipinski definition) is 0. The lowest BCUT2D eigenvalue weighted by Gasteiger charge is -2.18. The molecule has 1 aliphatic carbocycles. The first-order valence-electron chi connectivity index (χ1n) is 6.40. The highest BCUT2D eigenvalue weighted by Crippen LogP contribution is 2.43. The smallest absolute Gasteiger partial charge is 0.0625 e. The second kappa shape index (κ2) is 4.66. The normalized spacial score (nSPS) is 21.3. The van der Waals surface area contributed by atoms with Crippen molar-refractivity contribution in [3.8, 4) is 6.07 Å². The molecule has 0 heterocycles. The molecule has 0 bridgehead atoms. The van der Waals surface area contributed by atoms with Crippen LogP contribution in [-0.2, 0) is 6.42 Å². The van der Waals surface area contributed by atoms with Gasteiger partial charge in [0.05, 0.1) is 6.07 Å². The molecule has 18 heavy (non-hydrogen) atoms. The zero-order chi connectivity index (χ0) is 12.4. The molecule has 0 aliphatic heterocycles. The minimum atomic E-state index is 0.391. The Balaban J connectivity index is 2.06. The van der Waals surface area contributed by atoms with E-state index < -0.39 is 0 Å². The number of benzene rings is 2. The molecule has 2 atom stereocenters. The largest absolute Gasteiger partial charge is 0.198 e. The number of nitriles is 1. The van der Waals surface area contributed by atoms with Crippen LogP contribution in [0.1, 0.15) is 29.0 Å². The fourth-order valence-electron chi connectivity index (χ4n) is 3.10. The third-order valence-corrected chi connectivity index (χ3v) is 3.86. The topological polar surface area (TPSA) is 23.8 Å². The first kappa shape index (κ1) is 11.0. The van der Waals surface area contributed by atoms with Gasteiger partial charge < -0.3 is 0 Å². The highest BCUT2D eigenvalue weighted by molar-refractivity contribution is 5.43. The van der Waals surface area contributed by atoms with Crippen LogP contribution in [0.2, 0.25) is 0 Å². The van der Waals surface area contributed by atoms with E-state index in [1.54, 1.807) is 0 Å². The van der Waals surface area contributed by atoms with E-state index in [1.165, 1.54) is 16.7 Å². The maximum atomic E-state index is 9.02. The Hall–Kier alpha value is -2.07. The number of rotatable bonds is 2. The summed E-state index contributed by atoms with van der Waals surface area (Å²) in [5.41, 5.74) is 4.15. The van der Waals surface area contributed by atoms with Gasteiger partial charge in [-0.3, -0.25) is 0 Å². The summed E-state index contributed by atoms with van der Waals surface area (Å²) in [6.45, 7) is 0. The molecule has 0 radical (unpaired) electrons. The molecule has 0 aromatic heterocycles. The van der Waals surface area contributed by atoms with E-state index >= 15 is 0 Å². The van der Waals surface area contributed by atoms with Crippen LogP contribution < -0.4 is 0 Å². The predicted octanol–water partition coefficient (Wildman–Crippen LogP) is 3.90. The van der Waals surface area contributed by atoms with Gasteiger partial charge in [0.15, 0.2) is 0 Å². The molecule has 1 aliphatic rings. The van der Waals surface area contributed by atoms with Crippen molar-refractivity contribution in [1.82, 2.24) is 0 Å². The van der Waals surface area contributed by atoms with Gasteiger partial charge in [-0.1, -0.05) is 54.6 Å². The molecule has 1 nitrogen and oxygen atoms in total. The van der Waals surface area contributed by atoms with Crippen molar-refractivity contribution in [2.45, 2.75) is 18.8 Å². The molecule has 88 valence electrons. The predicted molar refractivity (Wildman–Crippen MR) is 72.2 cm³/mol. The van der Waals surface area contributed by atoms with Crippen LogP contribution in [0.25, 0.3) is 0 Å². The van der Waals surface area contributed by atoms with Crippen molar-refractivity contribution in [2.24, 2.45) is 5.92 Å². The van der Waals surface area contributed by atoms with E-state index in [9.17, 15) is 0 Å². The van der Waals surface area contributed by atoms with Gasteiger partial charge in [0.25, 0.3) is 0 Å². The highest BCUT2D eigenvalue weighted by Gasteiger charge is 2.32. The first-order valence-corrected chi connectivity index (χ1v) is 6.40. The van der Waals surface area contributed by atoms with Crippen molar-refractivity contribution in [2.75, 3.05) is 0 Å². The molecule has 0 saturated heterocycles. The van der Waals surface area contributed by atoms with Crippen LogP contribution >= 0.6 is 0 Å². The van der Waals surface area contributed by atoms with Crippen LogP contribution in [-0.4, -0.2) is 0 Å². The molecule has 0 saturated carbocycles.